The summed E-state index contributed by atoms with van der Waals surface area (Å²) in [7, 11) is 0. The van der Waals surface area contributed by atoms with Gasteiger partial charge >= 0.3 is 0 Å². The highest BCUT2D eigenvalue weighted by atomic mass is 19.1. The van der Waals surface area contributed by atoms with E-state index in [-0.39, 0.29) is 24.3 Å². The Bertz CT molecular complexity index is 537. The molecule has 1 heterocycles. The first-order valence-corrected chi connectivity index (χ1v) is 8.06. The van der Waals surface area contributed by atoms with E-state index in [9.17, 15) is 9.18 Å². The number of carbonyl (C=O) groups is 1. The molecule has 1 aliphatic heterocycles. The van der Waals surface area contributed by atoms with Crippen LogP contribution in [0.2, 0.25) is 0 Å². The molecule has 1 aromatic rings. The van der Waals surface area contributed by atoms with Crippen LogP contribution in [0.15, 0.2) is 18.2 Å². The van der Waals surface area contributed by atoms with Crippen molar-refractivity contribution >= 4 is 5.91 Å². The Morgan fingerprint density at radius 2 is 2.30 bits per heavy atom. The predicted molar refractivity (Wildman–Crippen MR) is 85.9 cm³/mol. The van der Waals surface area contributed by atoms with Gasteiger partial charge in [-0.3, -0.25) is 9.69 Å². The first-order valence-electron chi connectivity index (χ1n) is 8.06. The Balaban J connectivity index is 1.87. The molecule has 0 radical (unpaired) electrons. The lowest BCUT2D eigenvalue weighted by Crippen LogP contribution is -2.49. The fraction of sp³-hybridized carbons (Fsp3) is 0.588. The van der Waals surface area contributed by atoms with E-state index < -0.39 is 11.9 Å². The van der Waals surface area contributed by atoms with Crippen LogP contribution in [-0.2, 0) is 16.1 Å². The number of benzene rings is 1. The Morgan fingerprint density at radius 3 is 2.96 bits per heavy atom. The summed E-state index contributed by atoms with van der Waals surface area (Å²) in [5, 5.41) is 2.80. The standard InChI is InChI=1S/C17H25FN2O3/c1-4-20-7-8-22-16(11-20)17(21)19-10-13-5-6-15(14(18)9-13)23-12(2)3/h5-6,9,12,16H,4,7-8,10-11H2,1-3H3,(H,19,21)/t16-/m0/s1. The highest BCUT2D eigenvalue weighted by Gasteiger charge is 2.25. The average Bonchev–Trinajstić information content (AvgIpc) is 2.54. The fourth-order valence-electron chi connectivity index (χ4n) is 2.46. The average molecular weight is 324 g/mol. The third-order valence-electron chi connectivity index (χ3n) is 3.72. The number of halogens is 1. The van der Waals surface area contributed by atoms with Gasteiger partial charge in [-0.25, -0.2) is 4.39 Å². The van der Waals surface area contributed by atoms with Crippen molar-refractivity contribution in [1.82, 2.24) is 10.2 Å². The molecule has 0 unspecified atom stereocenters. The number of rotatable bonds is 6. The summed E-state index contributed by atoms with van der Waals surface area (Å²) in [5.74, 6) is -0.355. The molecule has 1 fully saturated rings. The van der Waals surface area contributed by atoms with Crippen LogP contribution in [0.25, 0.3) is 0 Å². The van der Waals surface area contributed by atoms with Crippen LogP contribution in [0.3, 0.4) is 0 Å². The number of nitrogens with zero attached hydrogens (tertiary/aromatic N) is 1. The molecule has 1 N–H and O–H groups in total. The molecule has 1 amide bonds. The third-order valence-corrected chi connectivity index (χ3v) is 3.72. The Morgan fingerprint density at radius 1 is 1.52 bits per heavy atom. The van der Waals surface area contributed by atoms with Crippen molar-refractivity contribution in [2.75, 3.05) is 26.2 Å². The number of hydrogen-bond donors (Lipinski definition) is 1. The minimum Gasteiger partial charge on any atom is -0.488 e. The number of likely N-dealkylation sites (N-methyl/N-ethyl adjacent to an activating group) is 1. The van der Waals surface area contributed by atoms with Crippen LogP contribution in [0.4, 0.5) is 4.39 Å². The van der Waals surface area contributed by atoms with Crippen LogP contribution in [0.5, 0.6) is 5.75 Å². The molecule has 5 nitrogen and oxygen atoms in total. The number of ether oxygens (including phenoxy) is 2. The summed E-state index contributed by atoms with van der Waals surface area (Å²) in [6, 6.07) is 4.73. The first-order chi connectivity index (χ1) is 11.0. The maximum atomic E-state index is 13.9. The minimum atomic E-state index is -0.461. The summed E-state index contributed by atoms with van der Waals surface area (Å²) in [6.45, 7) is 8.92. The molecule has 1 atom stereocenters. The zero-order valence-corrected chi connectivity index (χ0v) is 14.0. The Kier molecular flexibility index (Phi) is 6.36. The molecule has 1 aliphatic rings. The normalized spacial score (nSPS) is 18.9. The molecule has 0 aliphatic carbocycles. The summed E-state index contributed by atoms with van der Waals surface area (Å²) >= 11 is 0. The molecule has 6 heteroatoms. The highest BCUT2D eigenvalue weighted by Crippen LogP contribution is 2.19. The smallest absolute Gasteiger partial charge is 0.250 e. The third kappa shape index (κ3) is 5.18. The molecule has 2 rings (SSSR count). The van der Waals surface area contributed by atoms with E-state index >= 15 is 0 Å². The zero-order valence-electron chi connectivity index (χ0n) is 14.0. The topological polar surface area (TPSA) is 50.8 Å². The van der Waals surface area contributed by atoms with E-state index in [0.29, 0.717) is 18.7 Å². The lowest BCUT2D eigenvalue weighted by Gasteiger charge is -2.31. The first kappa shape index (κ1) is 17.7. The van der Waals surface area contributed by atoms with E-state index in [4.69, 9.17) is 9.47 Å². The van der Waals surface area contributed by atoms with Gasteiger partial charge in [0.25, 0.3) is 5.91 Å². The van der Waals surface area contributed by atoms with Gasteiger partial charge in [0.05, 0.1) is 12.7 Å². The minimum absolute atomic E-state index is 0.0833. The van der Waals surface area contributed by atoms with Crippen LogP contribution in [-0.4, -0.2) is 49.3 Å². The molecule has 0 saturated carbocycles. The number of morpholine rings is 1. The van der Waals surface area contributed by atoms with Crippen LogP contribution < -0.4 is 10.1 Å². The van der Waals surface area contributed by atoms with Gasteiger partial charge < -0.3 is 14.8 Å². The number of hydrogen-bond acceptors (Lipinski definition) is 4. The lowest BCUT2D eigenvalue weighted by atomic mass is 10.2. The molecule has 0 aromatic heterocycles. The number of amides is 1. The highest BCUT2D eigenvalue weighted by molar-refractivity contribution is 5.81. The van der Waals surface area contributed by atoms with Gasteiger partial charge in [-0.05, 0) is 38.1 Å². The lowest BCUT2D eigenvalue weighted by molar-refractivity contribution is -0.138. The second-order valence-corrected chi connectivity index (χ2v) is 5.90. The molecular formula is C17H25FN2O3. The molecule has 1 aromatic carbocycles. The number of carbonyl (C=O) groups excluding carboxylic acids is 1. The molecule has 1 saturated heterocycles. The summed E-state index contributed by atoms with van der Waals surface area (Å²) in [6.07, 6.45) is -0.544. The van der Waals surface area contributed by atoms with E-state index in [1.54, 1.807) is 12.1 Å². The van der Waals surface area contributed by atoms with Gasteiger partial charge in [0.15, 0.2) is 11.6 Å². The second kappa shape index (κ2) is 8.26. The SMILES string of the molecule is CCN1CCO[C@H](C(=O)NCc2ccc(OC(C)C)c(F)c2)C1. The number of nitrogens with one attached hydrogen (secondary N) is 1. The molecular weight excluding hydrogens is 299 g/mol. The zero-order chi connectivity index (χ0) is 16.8. The van der Waals surface area contributed by atoms with Gasteiger partial charge in [0.2, 0.25) is 0 Å². The van der Waals surface area contributed by atoms with Gasteiger partial charge in [-0.15, -0.1) is 0 Å². The summed E-state index contributed by atoms with van der Waals surface area (Å²) in [4.78, 5) is 14.3. The Labute approximate surface area is 136 Å². The molecule has 128 valence electrons. The molecule has 0 spiro atoms. The maximum Gasteiger partial charge on any atom is 0.250 e. The summed E-state index contributed by atoms with van der Waals surface area (Å²) in [5.41, 5.74) is 0.690. The van der Waals surface area contributed by atoms with E-state index in [0.717, 1.165) is 13.1 Å². The van der Waals surface area contributed by atoms with Gasteiger partial charge in [0, 0.05) is 19.6 Å². The van der Waals surface area contributed by atoms with Gasteiger partial charge in [-0.1, -0.05) is 13.0 Å². The largest absolute Gasteiger partial charge is 0.488 e. The molecule has 0 bridgehead atoms. The summed E-state index contributed by atoms with van der Waals surface area (Å²) < 4.78 is 24.8. The Hall–Kier alpha value is -1.66. The molecule has 23 heavy (non-hydrogen) atoms. The maximum absolute atomic E-state index is 13.9. The van der Waals surface area contributed by atoms with Crippen molar-refractivity contribution in [1.29, 1.82) is 0 Å². The van der Waals surface area contributed by atoms with Gasteiger partial charge in [-0.2, -0.15) is 0 Å². The van der Waals surface area contributed by atoms with Crippen molar-refractivity contribution in [3.8, 4) is 5.75 Å². The monoisotopic (exact) mass is 324 g/mol. The van der Waals surface area contributed by atoms with Crippen molar-refractivity contribution < 1.29 is 18.7 Å². The quantitative estimate of drug-likeness (QED) is 0.869. The van der Waals surface area contributed by atoms with Crippen molar-refractivity contribution in [3.63, 3.8) is 0 Å². The van der Waals surface area contributed by atoms with Crippen molar-refractivity contribution in [2.24, 2.45) is 0 Å². The van der Waals surface area contributed by atoms with Crippen molar-refractivity contribution in [2.45, 2.75) is 39.5 Å². The van der Waals surface area contributed by atoms with E-state index in [2.05, 4.69) is 17.1 Å². The van der Waals surface area contributed by atoms with Gasteiger partial charge in [0.1, 0.15) is 6.10 Å². The van der Waals surface area contributed by atoms with Crippen LogP contribution in [0, 0.1) is 5.82 Å². The fourth-order valence-corrected chi connectivity index (χ4v) is 2.46. The predicted octanol–water partition coefficient (Wildman–Crippen LogP) is 1.95. The van der Waals surface area contributed by atoms with Crippen LogP contribution >= 0.6 is 0 Å². The van der Waals surface area contributed by atoms with E-state index in [1.807, 2.05) is 13.8 Å². The van der Waals surface area contributed by atoms with E-state index in [1.165, 1.54) is 6.07 Å². The van der Waals surface area contributed by atoms with Crippen LogP contribution in [0.1, 0.15) is 26.3 Å². The van der Waals surface area contributed by atoms with Crippen molar-refractivity contribution in [3.05, 3.63) is 29.6 Å². The second-order valence-electron chi connectivity index (χ2n) is 5.90.